The molecule has 2 amide bonds. The average molecular weight is 273 g/mol. The number of methoxy groups -OCH3 is 1. The van der Waals surface area contributed by atoms with E-state index in [4.69, 9.17) is 0 Å². The van der Waals surface area contributed by atoms with Crippen LogP contribution in [0.15, 0.2) is 0 Å². The van der Waals surface area contributed by atoms with Crippen LogP contribution in [0.4, 0.5) is 0 Å². The Balaban J connectivity index is 3.80. The van der Waals surface area contributed by atoms with Gasteiger partial charge in [0.2, 0.25) is 11.8 Å². The van der Waals surface area contributed by atoms with Gasteiger partial charge in [-0.2, -0.15) is 0 Å². The highest BCUT2D eigenvalue weighted by atomic mass is 16.5. The van der Waals surface area contributed by atoms with Gasteiger partial charge in [0.25, 0.3) is 0 Å². The molecule has 0 rings (SSSR count). The molecule has 0 radical (unpaired) electrons. The molecule has 1 atom stereocenters. The van der Waals surface area contributed by atoms with Crippen LogP contribution in [0.5, 0.6) is 0 Å². The second kappa shape index (κ2) is 9.32. The number of rotatable bonds is 8. The van der Waals surface area contributed by atoms with Crippen LogP contribution in [0.25, 0.3) is 0 Å². The molecular formula is C12H23N3O4. The third-order valence-corrected chi connectivity index (χ3v) is 2.42. The van der Waals surface area contributed by atoms with Crippen molar-refractivity contribution in [3.05, 3.63) is 0 Å². The van der Waals surface area contributed by atoms with Crippen LogP contribution in [-0.2, 0) is 19.1 Å². The van der Waals surface area contributed by atoms with E-state index < -0.39 is 0 Å². The summed E-state index contributed by atoms with van der Waals surface area (Å²) in [6.07, 6.45) is 0. The molecule has 0 bridgehead atoms. The fourth-order valence-corrected chi connectivity index (χ4v) is 1.55. The molecule has 2 N–H and O–H groups in total. The Bertz CT molecular complexity index is 320. The van der Waals surface area contributed by atoms with Gasteiger partial charge in [-0.3, -0.25) is 19.3 Å². The van der Waals surface area contributed by atoms with Crippen molar-refractivity contribution in [2.45, 2.75) is 13.8 Å². The van der Waals surface area contributed by atoms with Gasteiger partial charge in [-0.05, 0) is 7.05 Å². The average Bonchev–Trinajstić information content (AvgIpc) is 2.33. The summed E-state index contributed by atoms with van der Waals surface area (Å²) in [5.41, 5.74) is 0. The predicted octanol–water partition coefficient (Wildman–Crippen LogP) is -1.02. The molecule has 0 aromatic rings. The molecule has 0 aliphatic rings. The predicted molar refractivity (Wildman–Crippen MR) is 70.4 cm³/mol. The molecule has 19 heavy (non-hydrogen) atoms. The van der Waals surface area contributed by atoms with Gasteiger partial charge in [-0.25, -0.2) is 0 Å². The number of hydrogen-bond donors (Lipinski definition) is 2. The summed E-state index contributed by atoms with van der Waals surface area (Å²) < 4.78 is 4.61. The maximum absolute atomic E-state index is 11.5. The lowest BCUT2D eigenvalue weighted by Gasteiger charge is -2.19. The van der Waals surface area contributed by atoms with Crippen molar-refractivity contribution >= 4 is 17.8 Å². The summed E-state index contributed by atoms with van der Waals surface area (Å²) in [6, 6.07) is 0. The van der Waals surface area contributed by atoms with Gasteiger partial charge >= 0.3 is 5.97 Å². The minimum atomic E-state index is -0.294. The van der Waals surface area contributed by atoms with Crippen molar-refractivity contribution in [1.82, 2.24) is 15.5 Å². The van der Waals surface area contributed by atoms with E-state index in [1.165, 1.54) is 14.0 Å². The van der Waals surface area contributed by atoms with Gasteiger partial charge in [-0.15, -0.1) is 0 Å². The molecule has 0 aromatic carbocycles. The molecule has 7 heteroatoms. The number of amides is 2. The Hall–Kier alpha value is -1.63. The van der Waals surface area contributed by atoms with Gasteiger partial charge in [0, 0.05) is 26.6 Å². The maximum Gasteiger partial charge on any atom is 0.309 e. The number of ether oxygens (including phenoxy) is 1. The largest absolute Gasteiger partial charge is 0.469 e. The van der Waals surface area contributed by atoms with Gasteiger partial charge in [0.1, 0.15) is 0 Å². The van der Waals surface area contributed by atoms with Crippen LogP contribution < -0.4 is 10.6 Å². The monoisotopic (exact) mass is 273 g/mol. The maximum atomic E-state index is 11.5. The van der Waals surface area contributed by atoms with Crippen molar-refractivity contribution in [1.29, 1.82) is 0 Å². The lowest BCUT2D eigenvalue weighted by atomic mass is 10.2. The van der Waals surface area contributed by atoms with E-state index in [-0.39, 0.29) is 30.2 Å². The number of nitrogens with one attached hydrogen (secondary N) is 2. The molecular weight excluding hydrogens is 250 g/mol. The topological polar surface area (TPSA) is 87.7 Å². The molecule has 0 aliphatic heterocycles. The van der Waals surface area contributed by atoms with Gasteiger partial charge in [-0.1, -0.05) is 6.92 Å². The molecule has 1 unspecified atom stereocenters. The second-order valence-corrected chi connectivity index (χ2v) is 4.45. The summed E-state index contributed by atoms with van der Waals surface area (Å²) in [6.45, 7) is 4.61. The van der Waals surface area contributed by atoms with Crippen LogP contribution in [0, 0.1) is 5.92 Å². The molecule has 0 aliphatic carbocycles. The number of carbonyl (C=O) groups excluding carboxylic acids is 3. The van der Waals surface area contributed by atoms with Crippen LogP contribution in [0.2, 0.25) is 0 Å². The van der Waals surface area contributed by atoms with Crippen molar-refractivity contribution in [3.8, 4) is 0 Å². The van der Waals surface area contributed by atoms with E-state index in [1.54, 1.807) is 18.9 Å². The fraction of sp³-hybridized carbons (Fsp3) is 0.750. The van der Waals surface area contributed by atoms with Gasteiger partial charge < -0.3 is 15.4 Å². The quantitative estimate of drug-likeness (QED) is 0.436. The van der Waals surface area contributed by atoms with E-state index >= 15 is 0 Å². The van der Waals surface area contributed by atoms with Crippen molar-refractivity contribution in [3.63, 3.8) is 0 Å². The van der Waals surface area contributed by atoms with Crippen molar-refractivity contribution in [2.24, 2.45) is 5.92 Å². The third kappa shape index (κ3) is 9.01. The second-order valence-electron chi connectivity index (χ2n) is 4.45. The Kier molecular flexibility index (Phi) is 8.52. The van der Waals surface area contributed by atoms with E-state index in [2.05, 4.69) is 15.4 Å². The minimum absolute atomic E-state index is 0.127. The zero-order chi connectivity index (χ0) is 14.8. The lowest BCUT2D eigenvalue weighted by Crippen LogP contribution is -2.41. The van der Waals surface area contributed by atoms with E-state index in [0.29, 0.717) is 19.6 Å². The number of esters is 1. The highest BCUT2D eigenvalue weighted by molar-refractivity contribution is 5.78. The standard InChI is InChI=1S/C12H23N3O4/c1-9(12(18)19-4)7-15(3)8-11(17)14-6-5-13-10(2)16/h9H,5-8H2,1-4H3,(H,13,16)(H,14,17). The smallest absolute Gasteiger partial charge is 0.309 e. The van der Waals surface area contributed by atoms with Gasteiger partial charge in [0.15, 0.2) is 0 Å². The highest BCUT2D eigenvalue weighted by Gasteiger charge is 2.16. The number of likely N-dealkylation sites (N-methyl/N-ethyl adjacent to an activating group) is 1. The van der Waals surface area contributed by atoms with Crippen LogP contribution in [0.3, 0.4) is 0 Å². The van der Waals surface area contributed by atoms with Crippen molar-refractivity contribution < 1.29 is 19.1 Å². The van der Waals surface area contributed by atoms with E-state index in [0.717, 1.165) is 0 Å². The molecule has 110 valence electrons. The third-order valence-electron chi connectivity index (χ3n) is 2.42. The van der Waals surface area contributed by atoms with Crippen LogP contribution in [-0.4, -0.2) is 63.0 Å². The Morgan fingerprint density at radius 2 is 1.79 bits per heavy atom. The first kappa shape index (κ1) is 17.4. The number of carbonyl (C=O) groups is 3. The zero-order valence-corrected chi connectivity index (χ0v) is 12.0. The van der Waals surface area contributed by atoms with Gasteiger partial charge in [0.05, 0.1) is 19.6 Å². The Labute approximate surface area is 113 Å². The fourth-order valence-electron chi connectivity index (χ4n) is 1.55. The molecule has 0 aromatic heterocycles. The molecule has 7 nitrogen and oxygen atoms in total. The summed E-state index contributed by atoms with van der Waals surface area (Å²) >= 11 is 0. The zero-order valence-electron chi connectivity index (χ0n) is 12.0. The molecule has 0 fully saturated rings. The highest BCUT2D eigenvalue weighted by Crippen LogP contribution is 1.99. The Morgan fingerprint density at radius 1 is 1.21 bits per heavy atom. The molecule has 0 spiro atoms. The Morgan fingerprint density at radius 3 is 2.32 bits per heavy atom. The minimum Gasteiger partial charge on any atom is -0.469 e. The molecule has 0 heterocycles. The summed E-state index contributed by atoms with van der Waals surface area (Å²) in [5.74, 6) is -0.844. The SMILES string of the molecule is COC(=O)C(C)CN(C)CC(=O)NCCNC(C)=O. The molecule has 0 saturated carbocycles. The normalized spacial score (nSPS) is 11.8. The first-order valence-corrected chi connectivity index (χ1v) is 6.14. The van der Waals surface area contributed by atoms with Crippen molar-refractivity contribution in [2.75, 3.05) is 40.3 Å². The summed E-state index contributed by atoms with van der Waals surface area (Å²) in [5, 5.41) is 5.25. The number of hydrogen-bond acceptors (Lipinski definition) is 5. The van der Waals surface area contributed by atoms with Crippen LogP contribution >= 0.6 is 0 Å². The van der Waals surface area contributed by atoms with E-state index in [1.807, 2.05) is 0 Å². The first-order chi connectivity index (χ1) is 8.86. The summed E-state index contributed by atoms with van der Waals surface area (Å²) in [7, 11) is 3.10. The van der Waals surface area contributed by atoms with E-state index in [9.17, 15) is 14.4 Å². The lowest BCUT2D eigenvalue weighted by molar-refractivity contribution is -0.145. The van der Waals surface area contributed by atoms with Crippen LogP contribution in [0.1, 0.15) is 13.8 Å². The number of nitrogens with zero attached hydrogens (tertiary/aromatic N) is 1. The first-order valence-electron chi connectivity index (χ1n) is 6.14. The molecule has 0 saturated heterocycles. The summed E-state index contributed by atoms with van der Waals surface area (Å²) in [4.78, 5) is 35.1.